The fourth-order valence-corrected chi connectivity index (χ4v) is 4.04. The molecular weight excluding hydrogens is 334 g/mol. The molecule has 0 amide bonds. The minimum Gasteiger partial charge on any atom is -0.481 e. The molecule has 0 spiro atoms. The highest BCUT2D eigenvalue weighted by Crippen LogP contribution is 2.35. The molecule has 1 heterocycles. The van der Waals surface area contributed by atoms with Crippen LogP contribution in [0.2, 0.25) is 0 Å². The van der Waals surface area contributed by atoms with Crippen molar-refractivity contribution in [3.8, 4) is 0 Å². The molecular formula is C12H14BrNO4S. The van der Waals surface area contributed by atoms with E-state index in [1.54, 1.807) is 25.1 Å². The summed E-state index contributed by atoms with van der Waals surface area (Å²) < 4.78 is 25.3. The molecule has 2 rings (SSSR count). The highest BCUT2D eigenvalue weighted by molar-refractivity contribution is 9.10. The molecule has 5 nitrogen and oxygen atoms in total. The highest BCUT2D eigenvalue weighted by atomic mass is 79.9. The van der Waals surface area contributed by atoms with E-state index in [-0.39, 0.29) is 11.3 Å². The van der Waals surface area contributed by atoms with Gasteiger partial charge in [0.2, 0.25) is 0 Å². The van der Waals surface area contributed by atoms with Crippen LogP contribution < -0.4 is 4.90 Å². The summed E-state index contributed by atoms with van der Waals surface area (Å²) in [5.74, 6) is -0.891. The molecule has 0 saturated heterocycles. The average molecular weight is 348 g/mol. The average Bonchev–Trinajstić information content (AvgIpc) is 2.32. The smallest absolute Gasteiger partial charge is 0.305 e. The van der Waals surface area contributed by atoms with Gasteiger partial charge in [-0.2, -0.15) is 0 Å². The van der Waals surface area contributed by atoms with Gasteiger partial charge >= 0.3 is 5.97 Å². The quantitative estimate of drug-likeness (QED) is 0.903. The van der Waals surface area contributed by atoms with Gasteiger partial charge in [-0.15, -0.1) is 0 Å². The van der Waals surface area contributed by atoms with E-state index in [4.69, 9.17) is 5.11 Å². The van der Waals surface area contributed by atoms with Crippen molar-refractivity contribution in [1.29, 1.82) is 0 Å². The van der Waals surface area contributed by atoms with Gasteiger partial charge in [0.05, 0.1) is 22.3 Å². The minimum atomic E-state index is -3.32. The highest BCUT2D eigenvalue weighted by Gasteiger charge is 2.34. The normalized spacial score (nSPS) is 20.9. The topological polar surface area (TPSA) is 74.7 Å². The van der Waals surface area contributed by atoms with Crippen LogP contribution in [0, 0.1) is 0 Å². The first-order chi connectivity index (χ1) is 8.82. The SMILES string of the molecule is CC1CN(CCC(=O)O)c2cc(Br)ccc2S1(=O)=O. The summed E-state index contributed by atoms with van der Waals surface area (Å²) >= 11 is 3.31. The zero-order valence-corrected chi connectivity index (χ0v) is 12.7. The number of hydrogen-bond donors (Lipinski definition) is 1. The predicted octanol–water partition coefficient (Wildman–Crippen LogP) is 1.91. The Balaban J connectivity index is 2.45. The van der Waals surface area contributed by atoms with Crippen LogP contribution in [-0.4, -0.2) is 37.8 Å². The summed E-state index contributed by atoms with van der Waals surface area (Å²) in [7, 11) is -3.32. The van der Waals surface area contributed by atoms with Gasteiger partial charge in [0.25, 0.3) is 0 Å². The molecule has 1 aliphatic rings. The molecule has 0 aliphatic carbocycles. The number of fused-ring (bicyclic) bond motifs is 1. The second kappa shape index (κ2) is 5.13. The lowest BCUT2D eigenvalue weighted by atomic mass is 10.2. The number of hydrogen-bond acceptors (Lipinski definition) is 4. The van der Waals surface area contributed by atoms with Gasteiger partial charge in [-0.05, 0) is 25.1 Å². The molecule has 1 aliphatic heterocycles. The third kappa shape index (κ3) is 2.76. The van der Waals surface area contributed by atoms with Crippen molar-refractivity contribution < 1.29 is 18.3 Å². The Bertz CT molecular complexity index is 614. The van der Waals surface area contributed by atoms with E-state index < -0.39 is 21.1 Å². The molecule has 104 valence electrons. The van der Waals surface area contributed by atoms with Gasteiger partial charge in [-0.1, -0.05) is 15.9 Å². The monoisotopic (exact) mass is 347 g/mol. The van der Waals surface area contributed by atoms with Crippen LogP contribution in [0.25, 0.3) is 0 Å². The maximum Gasteiger partial charge on any atom is 0.305 e. The molecule has 1 N–H and O–H groups in total. The summed E-state index contributed by atoms with van der Waals surface area (Å²) in [5, 5.41) is 8.23. The van der Waals surface area contributed by atoms with Crippen molar-refractivity contribution in [2.24, 2.45) is 0 Å². The van der Waals surface area contributed by atoms with E-state index in [1.165, 1.54) is 0 Å². The summed E-state index contributed by atoms with van der Waals surface area (Å²) in [6.45, 7) is 2.27. The van der Waals surface area contributed by atoms with Crippen molar-refractivity contribution in [3.63, 3.8) is 0 Å². The van der Waals surface area contributed by atoms with Gasteiger partial charge in [-0.25, -0.2) is 8.42 Å². The van der Waals surface area contributed by atoms with Crippen LogP contribution in [0.5, 0.6) is 0 Å². The standard InChI is InChI=1S/C12H14BrNO4S/c1-8-7-14(5-4-12(15)16)10-6-9(13)2-3-11(10)19(8,17)18/h2-3,6,8H,4-5,7H2,1H3,(H,15,16). The van der Waals surface area contributed by atoms with Gasteiger partial charge < -0.3 is 10.0 Å². The Morgan fingerprint density at radius 3 is 2.84 bits per heavy atom. The number of carboxylic acid groups (broad SMARTS) is 1. The van der Waals surface area contributed by atoms with E-state index in [2.05, 4.69) is 15.9 Å². The molecule has 0 bridgehead atoms. The number of halogens is 1. The van der Waals surface area contributed by atoms with Crippen molar-refractivity contribution >= 4 is 37.4 Å². The number of aliphatic carboxylic acids is 1. The number of anilines is 1. The van der Waals surface area contributed by atoms with Crippen LogP contribution in [0.1, 0.15) is 13.3 Å². The van der Waals surface area contributed by atoms with E-state index in [9.17, 15) is 13.2 Å². The third-order valence-electron chi connectivity index (χ3n) is 3.17. The Labute approximate surface area is 120 Å². The molecule has 1 unspecified atom stereocenters. The zero-order chi connectivity index (χ0) is 14.2. The first kappa shape index (κ1) is 14.3. The Hall–Kier alpha value is -1.08. The van der Waals surface area contributed by atoms with Crippen LogP contribution >= 0.6 is 15.9 Å². The van der Waals surface area contributed by atoms with Gasteiger partial charge in [0.1, 0.15) is 0 Å². The lowest BCUT2D eigenvalue weighted by Crippen LogP contribution is -2.41. The maximum absolute atomic E-state index is 12.2. The number of nitrogens with zero attached hydrogens (tertiary/aromatic N) is 1. The first-order valence-corrected chi connectivity index (χ1v) is 8.16. The fourth-order valence-electron chi connectivity index (χ4n) is 2.14. The molecule has 1 atom stereocenters. The minimum absolute atomic E-state index is 0.0152. The van der Waals surface area contributed by atoms with Crippen LogP contribution in [0.15, 0.2) is 27.6 Å². The summed E-state index contributed by atoms with van der Waals surface area (Å²) in [6.07, 6.45) is -0.0152. The number of carbonyl (C=O) groups is 1. The fraction of sp³-hybridized carbons (Fsp3) is 0.417. The molecule has 0 radical (unpaired) electrons. The maximum atomic E-state index is 12.2. The third-order valence-corrected chi connectivity index (χ3v) is 5.83. The molecule has 0 aromatic heterocycles. The lowest BCUT2D eigenvalue weighted by molar-refractivity contribution is -0.136. The first-order valence-electron chi connectivity index (χ1n) is 5.82. The Kier molecular flexibility index (Phi) is 3.87. The number of rotatable bonds is 3. The van der Waals surface area contributed by atoms with E-state index in [1.807, 2.05) is 4.90 Å². The van der Waals surface area contributed by atoms with Gasteiger partial charge in [0.15, 0.2) is 9.84 Å². The van der Waals surface area contributed by atoms with E-state index in [0.29, 0.717) is 18.8 Å². The van der Waals surface area contributed by atoms with Crippen LogP contribution in [-0.2, 0) is 14.6 Å². The zero-order valence-electron chi connectivity index (χ0n) is 10.3. The van der Waals surface area contributed by atoms with Crippen molar-refractivity contribution in [1.82, 2.24) is 0 Å². The molecule has 19 heavy (non-hydrogen) atoms. The molecule has 0 saturated carbocycles. The van der Waals surface area contributed by atoms with Gasteiger partial charge in [-0.3, -0.25) is 4.79 Å². The van der Waals surface area contributed by atoms with Crippen LogP contribution in [0.3, 0.4) is 0 Å². The Morgan fingerprint density at radius 2 is 2.21 bits per heavy atom. The second-order valence-corrected chi connectivity index (χ2v) is 7.81. The largest absolute Gasteiger partial charge is 0.481 e. The lowest BCUT2D eigenvalue weighted by Gasteiger charge is -2.34. The van der Waals surface area contributed by atoms with E-state index >= 15 is 0 Å². The second-order valence-electron chi connectivity index (χ2n) is 4.56. The summed E-state index contributed by atoms with van der Waals surface area (Å²) in [6, 6.07) is 4.97. The molecule has 0 fully saturated rings. The molecule has 7 heteroatoms. The molecule has 1 aromatic carbocycles. The number of sulfone groups is 1. The van der Waals surface area contributed by atoms with Crippen molar-refractivity contribution in [2.75, 3.05) is 18.0 Å². The Morgan fingerprint density at radius 1 is 1.53 bits per heavy atom. The van der Waals surface area contributed by atoms with Crippen molar-refractivity contribution in [3.05, 3.63) is 22.7 Å². The number of carboxylic acids is 1. The van der Waals surface area contributed by atoms with E-state index in [0.717, 1.165) is 4.47 Å². The predicted molar refractivity (Wildman–Crippen MR) is 75.3 cm³/mol. The van der Waals surface area contributed by atoms with Crippen molar-refractivity contribution in [2.45, 2.75) is 23.5 Å². The van der Waals surface area contributed by atoms with Gasteiger partial charge in [0, 0.05) is 17.6 Å². The summed E-state index contributed by atoms with van der Waals surface area (Å²) in [4.78, 5) is 12.8. The van der Waals surface area contributed by atoms with Crippen LogP contribution in [0.4, 0.5) is 5.69 Å². The molecule has 1 aromatic rings. The number of benzene rings is 1. The summed E-state index contributed by atoms with van der Waals surface area (Å²) in [5.41, 5.74) is 0.578.